The Morgan fingerprint density at radius 1 is 1.38 bits per heavy atom. The molecule has 0 spiro atoms. The van der Waals surface area contributed by atoms with Gasteiger partial charge in [0.2, 0.25) is 0 Å². The van der Waals surface area contributed by atoms with E-state index in [9.17, 15) is 5.11 Å². The molecule has 1 rings (SSSR count). The van der Waals surface area contributed by atoms with Crippen molar-refractivity contribution in [2.45, 2.75) is 70.6 Å². The molecule has 1 N–H and O–H groups in total. The van der Waals surface area contributed by atoms with E-state index in [0.717, 1.165) is 6.42 Å². The summed E-state index contributed by atoms with van der Waals surface area (Å²) in [5.41, 5.74) is 0. The lowest BCUT2D eigenvalue weighted by Crippen LogP contribution is -2.47. The number of rotatable bonds is 3. The van der Waals surface area contributed by atoms with E-state index in [0.29, 0.717) is 6.61 Å². The third-order valence-electron chi connectivity index (χ3n) is 3.81. The second kappa shape index (κ2) is 4.76. The Kier molecular flexibility index (Phi) is 4.22. The Balaban J connectivity index is 2.66. The van der Waals surface area contributed by atoms with E-state index in [4.69, 9.17) is 9.16 Å². The first kappa shape index (κ1) is 14.2. The molecule has 0 aliphatic carbocycles. The van der Waals surface area contributed by atoms with Gasteiger partial charge in [-0.3, -0.25) is 0 Å². The molecule has 16 heavy (non-hydrogen) atoms. The van der Waals surface area contributed by atoms with E-state index in [-0.39, 0.29) is 17.2 Å². The Morgan fingerprint density at radius 2 is 1.94 bits per heavy atom. The third-order valence-corrected chi connectivity index (χ3v) is 8.31. The highest BCUT2D eigenvalue weighted by molar-refractivity contribution is 6.74. The lowest BCUT2D eigenvalue weighted by atomic mass is 10.1. The van der Waals surface area contributed by atoms with E-state index in [2.05, 4.69) is 33.9 Å². The van der Waals surface area contributed by atoms with Crippen molar-refractivity contribution in [2.24, 2.45) is 0 Å². The Hall–Kier alpha value is 0.0969. The lowest BCUT2D eigenvalue weighted by Gasteiger charge is -2.39. The van der Waals surface area contributed by atoms with Gasteiger partial charge >= 0.3 is 0 Å². The summed E-state index contributed by atoms with van der Waals surface area (Å²) in [6.07, 6.45) is 0.384. The summed E-state index contributed by atoms with van der Waals surface area (Å²) in [6, 6.07) is 0. The van der Waals surface area contributed by atoms with Crippen LogP contribution in [-0.2, 0) is 9.16 Å². The van der Waals surface area contributed by atoms with Crippen LogP contribution in [0.2, 0.25) is 18.1 Å². The van der Waals surface area contributed by atoms with Crippen molar-refractivity contribution in [3.8, 4) is 0 Å². The van der Waals surface area contributed by atoms with Crippen molar-refractivity contribution in [2.75, 3.05) is 6.61 Å². The highest BCUT2D eigenvalue weighted by Gasteiger charge is 2.43. The van der Waals surface area contributed by atoms with Crippen LogP contribution in [0.4, 0.5) is 0 Å². The summed E-state index contributed by atoms with van der Waals surface area (Å²) in [7, 11) is -1.75. The molecule has 96 valence electrons. The quantitative estimate of drug-likeness (QED) is 0.778. The predicted octanol–water partition coefficient (Wildman–Crippen LogP) is 2.55. The zero-order valence-electron chi connectivity index (χ0n) is 11.4. The molecule has 0 amide bonds. The monoisotopic (exact) mass is 246 g/mol. The molecule has 0 bridgehead atoms. The number of ether oxygens (including phenoxy) is 1. The van der Waals surface area contributed by atoms with Crippen molar-refractivity contribution in [3.05, 3.63) is 0 Å². The van der Waals surface area contributed by atoms with Gasteiger partial charge < -0.3 is 14.3 Å². The van der Waals surface area contributed by atoms with Crippen LogP contribution in [0.25, 0.3) is 0 Å². The van der Waals surface area contributed by atoms with Crippen molar-refractivity contribution in [1.29, 1.82) is 0 Å². The van der Waals surface area contributed by atoms with Crippen LogP contribution in [0, 0.1) is 0 Å². The molecule has 1 fully saturated rings. The molecule has 0 radical (unpaired) electrons. The second-order valence-electron chi connectivity index (χ2n) is 6.28. The number of aliphatic hydroxyl groups is 1. The van der Waals surface area contributed by atoms with Gasteiger partial charge in [0, 0.05) is 6.61 Å². The van der Waals surface area contributed by atoms with Crippen LogP contribution in [-0.4, -0.2) is 38.3 Å². The minimum absolute atomic E-state index is 0.0703. The minimum atomic E-state index is -1.75. The van der Waals surface area contributed by atoms with Crippen LogP contribution in [0.3, 0.4) is 0 Å². The normalized spacial score (nSPS) is 29.4. The van der Waals surface area contributed by atoms with Crippen LogP contribution in [0.5, 0.6) is 0 Å². The zero-order valence-corrected chi connectivity index (χ0v) is 12.4. The van der Waals surface area contributed by atoms with Gasteiger partial charge in [0.15, 0.2) is 8.32 Å². The van der Waals surface area contributed by atoms with Gasteiger partial charge in [0.05, 0.1) is 12.2 Å². The molecule has 3 atom stereocenters. The molecule has 0 saturated carbocycles. The Labute approximate surface area is 100 Å². The molecular weight excluding hydrogens is 220 g/mol. The first-order valence-corrected chi connectivity index (χ1v) is 9.03. The second-order valence-corrected chi connectivity index (χ2v) is 11.0. The molecule has 0 aromatic rings. The Morgan fingerprint density at radius 3 is 2.38 bits per heavy atom. The third kappa shape index (κ3) is 3.06. The van der Waals surface area contributed by atoms with E-state index in [1.54, 1.807) is 6.92 Å². The summed E-state index contributed by atoms with van der Waals surface area (Å²) < 4.78 is 11.8. The zero-order chi connectivity index (χ0) is 12.6. The van der Waals surface area contributed by atoms with Gasteiger partial charge in [-0.15, -0.1) is 0 Å². The molecule has 0 aromatic heterocycles. The Bertz CT molecular complexity index is 233. The largest absolute Gasteiger partial charge is 0.411 e. The summed E-state index contributed by atoms with van der Waals surface area (Å²) in [6.45, 7) is 13.6. The molecule has 1 heterocycles. The molecule has 4 heteroatoms. The molecule has 1 aliphatic heterocycles. The van der Waals surface area contributed by atoms with E-state index in [1.807, 2.05) is 0 Å². The van der Waals surface area contributed by atoms with Crippen LogP contribution < -0.4 is 0 Å². The van der Waals surface area contributed by atoms with E-state index < -0.39 is 14.4 Å². The van der Waals surface area contributed by atoms with Gasteiger partial charge in [-0.25, -0.2) is 0 Å². The van der Waals surface area contributed by atoms with Crippen molar-refractivity contribution >= 4 is 8.32 Å². The summed E-state index contributed by atoms with van der Waals surface area (Å²) in [4.78, 5) is 0. The average molecular weight is 246 g/mol. The minimum Gasteiger partial charge on any atom is -0.411 e. The van der Waals surface area contributed by atoms with Crippen molar-refractivity contribution < 1.29 is 14.3 Å². The number of hydrogen-bond acceptors (Lipinski definition) is 3. The van der Waals surface area contributed by atoms with Gasteiger partial charge in [0.25, 0.3) is 0 Å². The fourth-order valence-corrected chi connectivity index (χ4v) is 3.09. The topological polar surface area (TPSA) is 38.7 Å². The molecule has 1 unspecified atom stereocenters. The summed E-state index contributed by atoms with van der Waals surface area (Å²) in [5.74, 6) is 0. The lowest BCUT2D eigenvalue weighted by molar-refractivity contribution is -0.0334. The van der Waals surface area contributed by atoms with E-state index in [1.165, 1.54) is 0 Å². The molecule has 0 aromatic carbocycles. The molecule has 1 saturated heterocycles. The van der Waals surface area contributed by atoms with Gasteiger partial charge in [0.1, 0.15) is 6.10 Å². The van der Waals surface area contributed by atoms with Gasteiger partial charge in [-0.2, -0.15) is 0 Å². The first-order valence-electron chi connectivity index (χ1n) is 6.12. The maximum absolute atomic E-state index is 9.63. The maximum Gasteiger partial charge on any atom is 0.192 e. The van der Waals surface area contributed by atoms with Crippen LogP contribution >= 0.6 is 0 Å². The standard InChI is InChI=1S/C12H26O3Si/c1-9(13)11-10(7-8-14-11)15-16(5,6)12(2,3)4/h9-11,13H,7-8H2,1-6H3/t9?,10-,11+/m0/s1. The molecule has 1 aliphatic rings. The maximum atomic E-state index is 9.63. The summed E-state index contributed by atoms with van der Waals surface area (Å²) in [5, 5.41) is 9.84. The summed E-state index contributed by atoms with van der Waals surface area (Å²) >= 11 is 0. The SMILES string of the molecule is CC(O)[C@H]1OCC[C@@H]1O[Si](C)(C)C(C)(C)C. The van der Waals surface area contributed by atoms with Crippen LogP contribution in [0.15, 0.2) is 0 Å². The number of aliphatic hydroxyl groups excluding tert-OH is 1. The first-order chi connectivity index (χ1) is 7.15. The van der Waals surface area contributed by atoms with Gasteiger partial charge in [-0.1, -0.05) is 20.8 Å². The number of hydrogen-bond donors (Lipinski definition) is 1. The fourth-order valence-electron chi connectivity index (χ4n) is 1.72. The predicted molar refractivity (Wildman–Crippen MR) is 68.1 cm³/mol. The van der Waals surface area contributed by atoms with Crippen LogP contribution in [0.1, 0.15) is 34.1 Å². The fraction of sp³-hybridized carbons (Fsp3) is 1.00. The van der Waals surface area contributed by atoms with Crippen molar-refractivity contribution in [1.82, 2.24) is 0 Å². The van der Waals surface area contributed by atoms with E-state index >= 15 is 0 Å². The highest BCUT2D eigenvalue weighted by atomic mass is 28.4. The highest BCUT2D eigenvalue weighted by Crippen LogP contribution is 2.39. The van der Waals surface area contributed by atoms with Gasteiger partial charge in [-0.05, 0) is 31.5 Å². The molecule has 3 nitrogen and oxygen atoms in total. The molecular formula is C12H26O3Si. The average Bonchev–Trinajstić information content (AvgIpc) is 2.49. The van der Waals surface area contributed by atoms with Crippen molar-refractivity contribution in [3.63, 3.8) is 0 Å². The smallest absolute Gasteiger partial charge is 0.192 e.